The highest BCUT2D eigenvalue weighted by Crippen LogP contribution is 2.23. The second-order valence-electron chi connectivity index (χ2n) is 6.15. The summed E-state index contributed by atoms with van der Waals surface area (Å²) in [6.07, 6.45) is 0. The highest BCUT2D eigenvalue weighted by molar-refractivity contribution is 8.00. The van der Waals surface area contributed by atoms with Crippen LogP contribution in [0.15, 0.2) is 53.4 Å². The second-order valence-corrected chi connectivity index (χ2v) is 7.17. The van der Waals surface area contributed by atoms with Crippen LogP contribution in [0.4, 0.5) is 5.69 Å². The van der Waals surface area contributed by atoms with Gasteiger partial charge in [-0.05, 0) is 43.3 Å². The molecule has 8 heteroatoms. The third kappa shape index (κ3) is 7.15. The van der Waals surface area contributed by atoms with E-state index in [0.29, 0.717) is 28.5 Å². The lowest BCUT2D eigenvalue weighted by atomic mass is 10.2. The Bertz CT molecular complexity index is 852. The molecule has 0 saturated heterocycles. The Morgan fingerprint density at radius 3 is 2.38 bits per heavy atom. The zero-order valence-corrected chi connectivity index (χ0v) is 17.5. The van der Waals surface area contributed by atoms with E-state index in [0.717, 1.165) is 0 Å². The highest BCUT2D eigenvalue weighted by atomic mass is 32.2. The lowest BCUT2D eigenvalue weighted by Crippen LogP contribution is -2.23. The molecule has 7 nitrogen and oxygen atoms in total. The summed E-state index contributed by atoms with van der Waals surface area (Å²) in [5.41, 5.74) is 0.894. The maximum atomic E-state index is 12.4. The van der Waals surface area contributed by atoms with Crippen LogP contribution < -0.4 is 10.1 Å². The maximum absolute atomic E-state index is 12.4. The molecule has 154 valence electrons. The molecule has 0 aromatic heterocycles. The zero-order chi connectivity index (χ0) is 21.2. The predicted molar refractivity (Wildman–Crippen MR) is 112 cm³/mol. The molecular formula is C21H24N2O5S. The van der Waals surface area contributed by atoms with Crippen molar-refractivity contribution in [1.29, 1.82) is 0 Å². The van der Waals surface area contributed by atoms with Crippen molar-refractivity contribution in [1.82, 2.24) is 4.90 Å². The minimum atomic E-state index is -0.618. The summed E-state index contributed by atoms with van der Waals surface area (Å²) in [6.45, 7) is 2.03. The van der Waals surface area contributed by atoms with Crippen LogP contribution in [0.25, 0.3) is 0 Å². The van der Waals surface area contributed by atoms with Crippen LogP contribution in [0.2, 0.25) is 0 Å². The number of thioether (sulfide) groups is 1. The third-order valence-corrected chi connectivity index (χ3v) is 4.80. The SMILES string of the molecule is CCOc1ccc(NC(=O)COC(=O)c2ccccc2SCC(=O)N(C)C)cc1. The molecule has 0 aliphatic rings. The molecule has 0 aliphatic carbocycles. The molecule has 2 aromatic rings. The van der Waals surface area contributed by atoms with Crippen LogP contribution in [-0.4, -0.2) is 55.7 Å². The van der Waals surface area contributed by atoms with E-state index in [1.807, 2.05) is 6.92 Å². The van der Waals surface area contributed by atoms with Gasteiger partial charge in [-0.2, -0.15) is 0 Å². The van der Waals surface area contributed by atoms with E-state index in [1.165, 1.54) is 16.7 Å². The van der Waals surface area contributed by atoms with Crippen molar-refractivity contribution in [2.45, 2.75) is 11.8 Å². The van der Waals surface area contributed by atoms with Crippen LogP contribution in [0.3, 0.4) is 0 Å². The largest absolute Gasteiger partial charge is 0.494 e. The molecule has 0 atom stereocenters. The average Bonchev–Trinajstić information content (AvgIpc) is 2.72. The summed E-state index contributed by atoms with van der Waals surface area (Å²) in [6, 6.07) is 13.7. The van der Waals surface area contributed by atoms with E-state index in [-0.39, 0.29) is 11.7 Å². The average molecular weight is 416 g/mol. The normalized spacial score (nSPS) is 10.2. The van der Waals surface area contributed by atoms with Crippen LogP contribution in [0.5, 0.6) is 5.75 Å². The maximum Gasteiger partial charge on any atom is 0.339 e. The number of anilines is 1. The van der Waals surface area contributed by atoms with Gasteiger partial charge in [-0.1, -0.05) is 12.1 Å². The smallest absolute Gasteiger partial charge is 0.339 e. The van der Waals surface area contributed by atoms with Crippen molar-refractivity contribution >= 4 is 35.2 Å². The van der Waals surface area contributed by atoms with Crippen molar-refractivity contribution in [3.05, 3.63) is 54.1 Å². The molecule has 0 aliphatic heterocycles. The molecule has 2 aromatic carbocycles. The van der Waals surface area contributed by atoms with Gasteiger partial charge < -0.3 is 19.7 Å². The number of hydrogen-bond donors (Lipinski definition) is 1. The number of nitrogens with zero attached hydrogens (tertiary/aromatic N) is 1. The van der Waals surface area contributed by atoms with E-state index in [1.54, 1.807) is 62.6 Å². The zero-order valence-electron chi connectivity index (χ0n) is 16.6. The lowest BCUT2D eigenvalue weighted by molar-refractivity contribution is -0.125. The molecule has 0 heterocycles. The summed E-state index contributed by atoms with van der Waals surface area (Å²) >= 11 is 1.25. The minimum Gasteiger partial charge on any atom is -0.494 e. The standard InChI is InChI=1S/C21H24N2O5S/c1-4-27-16-11-9-15(10-12-16)22-19(24)13-28-21(26)17-7-5-6-8-18(17)29-14-20(25)23(2)3/h5-12H,4,13-14H2,1-3H3,(H,22,24). The van der Waals surface area contributed by atoms with Gasteiger partial charge in [-0.25, -0.2) is 4.79 Å². The van der Waals surface area contributed by atoms with Crippen molar-refractivity contribution in [3.8, 4) is 5.75 Å². The topological polar surface area (TPSA) is 84.9 Å². The van der Waals surface area contributed by atoms with Crippen LogP contribution in [0, 0.1) is 0 Å². The van der Waals surface area contributed by atoms with Gasteiger partial charge in [-0.3, -0.25) is 9.59 Å². The molecule has 0 radical (unpaired) electrons. The second kappa shape index (κ2) is 11.1. The number of benzene rings is 2. The number of esters is 1. The number of amides is 2. The Morgan fingerprint density at radius 1 is 1.03 bits per heavy atom. The fourth-order valence-electron chi connectivity index (χ4n) is 2.24. The first-order valence-corrected chi connectivity index (χ1v) is 10.0. The Morgan fingerprint density at radius 2 is 1.72 bits per heavy atom. The first kappa shape index (κ1) is 22.3. The summed E-state index contributed by atoms with van der Waals surface area (Å²) in [4.78, 5) is 38.3. The van der Waals surface area contributed by atoms with Gasteiger partial charge in [0.05, 0.1) is 17.9 Å². The van der Waals surface area contributed by atoms with E-state index in [9.17, 15) is 14.4 Å². The molecular weight excluding hydrogens is 392 g/mol. The lowest BCUT2D eigenvalue weighted by Gasteiger charge is -2.12. The van der Waals surface area contributed by atoms with Crippen LogP contribution in [-0.2, 0) is 14.3 Å². The number of rotatable bonds is 9. The van der Waals surface area contributed by atoms with Crippen molar-refractivity contribution in [2.75, 3.05) is 38.4 Å². The molecule has 0 unspecified atom stereocenters. The minimum absolute atomic E-state index is 0.0621. The van der Waals surface area contributed by atoms with Crippen LogP contribution >= 0.6 is 11.8 Å². The number of carbonyl (C=O) groups excluding carboxylic acids is 3. The number of carbonyl (C=O) groups is 3. The van der Waals surface area contributed by atoms with Crippen molar-refractivity contribution < 1.29 is 23.9 Å². The van der Waals surface area contributed by atoms with E-state index in [4.69, 9.17) is 9.47 Å². The fourth-order valence-corrected chi connectivity index (χ4v) is 3.26. The van der Waals surface area contributed by atoms with Crippen molar-refractivity contribution in [3.63, 3.8) is 0 Å². The molecule has 1 N–H and O–H groups in total. The monoisotopic (exact) mass is 416 g/mol. The summed E-state index contributed by atoms with van der Waals surface area (Å²) < 4.78 is 10.5. The third-order valence-electron chi connectivity index (χ3n) is 3.74. The predicted octanol–water partition coefficient (Wildman–Crippen LogP) is 3.06. The Kier molecular flexibility index (Phi) is 8.54. The Hall–Kier alpha value is -3.00. The van der Waals surface area contributed by atoms with Gasteiger partial charge in [0.15, 0.2) is 6.61 Å². The van der Waals surface area contributed by atoms with E-state index >= 15 is 0 Å². The van der Waals surface area contributed by atoms with E-state index in [2.05, 4.69) is 5.32 Å². The van der Waals surface area contributed by atoms with Gasteiger partial charge in [0.1, 0.15) is 5.75 Å². The fraction of sp³-hybridized carbons (Fsp3) is 0.286. The van der Waals surface area contributed by atoms with Gasteiger partial charge in [0.25, 0.3) is 5.91 Å². The van der Waals surface area contributed by atoms with Gasteiger partial charge in [0.2, 0.25) is 5.91 Å². The number of nitrogens with one attached hydrogen (secondary N) is 1. The number of ether oxygens (including phenoxy) is 2. The summed E-state index contributed by atoms with van der Waals surface area (Å²) in [7, 11) is 3.35. The summed E-state index contributed by atoms with van der Waals surface area (Å²) in [5.74, 6) is -0.218. The van der Waals surface area contributed by atoms with E-state index < -0.39 is 18.5 Å². The summed E-state index contributed by atoms with van der Waals surface area (Å²) in [5, 5.41) is 2.66. The van der Waals surface area contributed by atoms with Crippen molar-refractivity contribution in [2.24, 2.45) is 0 Å². The highest BCUT2D eigenvalue weighted by Gasteiger charge is 2.16. The number of hydrogen-bond acceptors (Lipinski definition) is 6. The Labute approximate surface area is 174 Å². The molecule has 29 heavy (non-hydrogen) atoms. The van der Waals surface area contributed by atoms with Gasteiger partial charge in [-0.15, -0.1) is 11.8 Å². The molecule has 2 rings (SSSR count). The van der Waals surface area contributed by atoms with Crippen LogP contribution in [0.1, 0.15) is 17.3 Å². The first-order valence-electron chi connectivity index (χ1n) is 9.02. The molecule has 0 spiro atoms. The molecule has 0 bridgehead atoms. The Balaban J connectivity index is 1.90. The first-order chi connectivity index (χ1) is 13.9. The quantitative estimate of drug-likeness (QED) is 0.500. The van der Waals surface area contributed by atoms with Gasteiger partial charge >= 0.3 is 5.97 Å². The molecule has 2 amide bonds. The molecule has 0 saturated carbocycles. The van der Waals surface area contributed by atoms with Gasteiger partial charge in [0, 0.05) is 24.7 Å². The molecule has 0 fully saturated rings.